The molecule has 0 aromatic carbocycles. The zero-order chi connectivity index (χ0) is 14.0. The molecule has 2 N–H and O–H groups in total. The van der Waals surface area contributed by atoms with Crippen LogP contribution in [0.4, 0.5) is 5.82 Å². The fourth-order valence-corrected chi connectivity index (χ4v) is 2.16. The van der Waals surface area contributed by atoms with Crippen molar-refractivity contribution in [3.05, 3.63) is 47.0 Å². The van der Waals surface area contributed by atoms with Crippen LogP contribution in [0.1, 0.15) is 29.7 Å². The molecule has 2 aromatic rings. The lowest BCUT2D eigenvalue weighted by Crippen LogP contribution is -2.31. The van der Waals surface area contributed by atoms with Crippen molar-refractivity contribution >= 4 is 5.82 Å². The quantitative estimate of drug-likeness (QED) is 0.887. The minimum absolute atomic E-state index is 0.378. The fraction of sp³-hybridized carbons (Fsp3) is 0.400. The van der Waals surface area contributed by atoms with Crippen molar-refractivity contribution in [1.82, 2.24) is 4.98 Å². The molecular formula is C15H20N2O2. The van der Waals surface area contributed by atoms with Crippen LogP contribution in [0.25, 0.3) is 0 Å². The van der Waals surface area contributed by atoms with Crippen LogP contribution in [-0.4, -0.2) is 16.6 Å². The predicted octanol–water partition coefficient (Wildman–Crippen LogP) is 2.92. The van der Waals surface area contributed by atoms with Gasteiger partial charge in [-0.15, -0.1) is 0 Å². The number of furan rings is 1. The van der Waals surface area contributed by atoms with Crippen molar-refractivity contribution in [2.45, 2.75) is 33.3 Å². The molecule has 0 saturated carbocycles. The van der Waals surface area contributed by atoms with Crippen LogP contribution >= 0.6 is 0 Å². The topological polar surface area (TPSA) is 58.3 Å². The van der Waals surface area contributed by atoms with E-state index in [9.17, 15) is 5.11 Å². The van der Waals surface area contributed by atoms with Gasteiger partial charge in [0.1, 0.15) is 22.9 Å². The lowest BCUT2D eigenvalue weighted by Gasteiger charge is -2.23. The summed E-state index contributed by atoms with van der Waals surface area (Å²) in [5, 5.41) is 13.7. The van der Waals surface area contributed by atoms with E-state index < -0.39 is 5.60 Å². The third kappa shape index (κ3) is 3.15. The molecule has 0 spiro atoms. The summed E-state index contributed by atoms with van der Waals surface area (Å²) in [6, 6.07) is 7.64. The summed E-state index contributed by atoms with van der Waals surface area (Å²) < 4.78 is 5.47. The van der Waals surface area contributed by atoms with Crippen molar-refractivity contribution in [3.63, 3.8) is 0 Å². The molecule has 2 heterocycles. The van der Waals surface area contributed by atoms with E-state index in [-0.39, 0.29) is 0 Å². The van der Waals surface area contributed by atoms with Gasteiger partial charge in [0.2, 0.25) is 0 Å². The van der Waals surface area contributed by atoms with Crippen LogP contribution in [0.15, 0.2) is 28.7 Å². The van der Waals surface area contributed by atoms with Crippen LogP contribution in [-0.2, 0) is 5.60 Å². The number of nitrogens with one attached hydrogen (secondary N) is 1. The monoisotopic (exact) mass is 260 g/mol. The molecule has 4 heteroatoms. The van der Waals surface area contributed by atoms with Crippen LogP contribution in [0, 0.1) is 20.8 Å². The third-order valence-electron chi connectivity index (χ3n) is 3.12. The zero-order valence-electron chi connectivity index (χ0n) is 11.8. The number of hydrogen-bond donors (Lipinski definition) is 2. The zero-order valence-corrected chi connectivity index (χ0v) is 11.8. The van der Waals surface area contributed by atoms with Gasteiger partial charge in [-0.05, 0) is 45.9 Å². The second kappa shape index (κ2) is 5.05. The standard InChI is InChI=1S/C15H20N2O2/c1-10-6-5-7-14(17-10)16-9-15(4,18)13-8-11(2)19-12(13)3/h5-8,18H,9H2,1-4H3,(H,16,17). The molecule has 2 aromatic heterocycles. The molecule has 0 amide bonds. The van der Waals surface area contributed by atoms with Crippen LogP contribution in [0.2, 0.25) is 0 Å². The van der Waals surface area contributed by atoms with E-state index in [2.05, 4.69) is 10.3 Å². The first-order valence-corrected chi connectivity index (χ1v) is 6.36. The maximum atomic E-state index is 10.6. The number of aromatic nitrogens is 1. The number of hydrogen-bond acceptors (Lipinski definition) is 4. The SMILES string of the molecule is Cc1cccc(NCC(C)(O)c2cc(C)oc2C)n1. The summed E-state index contributed by atoms with van der Waals surface area (Å²) in [5.74, 6) is 2.32. The largest absolute Gasteiger partial charge is 0.466 e. The van der Waals surface area contributed by atoms with Crippen molar-refractivity contribution in [2.75, 3.05) is 11.9 Å². The highest BCUT2D eigenvalue weighted by Crippen LogP contribution is 2.27. The number of rotatable bonds is 4. The van der Waals surface area contributed by atoms with Gasteiger partial charge in [0.25, 0.3) is 0 Å². The van der Waals surface area contributed by atoms with Gasteiger partial charge in [0, 0.05) is 17.8 Å². The van der Waals surface area contributed by atoms with Gasteiger partial charge in [0.15, 0.2) is 0 Å². The molecule has 0 aliphatic heterocycles. The highest BCUT2D eigenvalue weighted by atomic mass is 16.3. The number of pyridine rings is 1. The minimum atomic E-state index is -0.993. The molecule has 102 valence electrons. The number of anilines is 1. The molecule has 0 saturated heterocycles. The maximum absolute atomic E-state index is 10.6. The second-order valence-electron chi connectivity index (χ2n) is 5.12. The summed E-state index contributed by atoms with van der Waals surface area (Å²) in [5.41, 5.74) is 0.762. The van der Waals surface area contributed by atoms with Crippen molar-refractivity contribution in [1.29, 1.82) is 0 Å². The number of nitrogens with zero attached hydrogens (tertiary/aromatic N) is 1. The Hall–Kier alpha value is -1.81. The van der Waals surface area contributed by atoms with E-state index in [1.807, 2.05) is 45.0 Å². The van der Waals surface area contributed by atoms with Crippen LogP contribution in [0.5, 0.6) is 0 Å². The predicted molar refractivity (Wildman–Crippen MR) is 75.2 cm³/mol. The molecule has 19 heavy (non-hydrogen) atoms. The average molecular weight is 260 g/mol. The summed E-state index contributed by atoms with van der Waals surface area (Å²) >= 11 is 0. The smallest absolute Gasteiger partial charge is 0.126 e. The van der Waals surface area contributed by atoms with Gasteiger partial charge >= 0.3 is 0 Å². The summed E-state index contributed by atoms with van der Waals surface area (Å²) in [6.45, 7) is 7.83. The van der Waals surface area contributed by atoms with Gasteiger partial charge in [-0.1, -0.05) is 6.07 Å². The van der Waals surface area contributed by atoms with E-state index >= 15 is 0 Å². The Morgan fingerprint density at radius 1 is 1.32 bits per heavy atom. The molecule has 0 bridgehead atoms. The molecule has 0 aliphatic rings. The molecule has 0 radical (unpaired) electrons. The van der Waals surface area contributed by atoms with Crippen molar-refractivity contribution < 1.29 is 9.52 Å². The first kappa shape index (κ1) is 13.6. The first-order valence-electron chi connectivity index (χ1n) is 6.36. The van der Waals surface area contributed by atoms with E-state index in [1.165, 1.54) is 0 Å². The number of aliphatic hydroxyl groups is 1. The maximum Gasteiger partial charge on any atom is 0.126 e. The fourth-order valence-electron chi connectivity index (χ4n) is 2.16. The van der Waals surface area contributed by atoms with E-state index in [0.29, 0.717) is 6.54 Å². The van der Waals surface area contributed by atoms with Crippen LogP contribution in [0.3, 0.4) is 0 Å². The van der Waals surface area contributed by atoms with Crippen molar-refractivity contribution in [3.8, 4) is 0 Å². The molecule has 0 aliphatic carbocycles. The highest BCUT2D eigenvalue weighted by Gasteiger charge is 2.27. The molecule has 4 nitrogen and oxygen atoms in total. The Labute approximate surface area is 113 Å². The Morgan fingerprint density at radius 3 is 2.63 bits per heavy atom. The summed E-state index contributed by atoms with van der Waals surface area (Å²) in [6.07, 6.45) is 0. The van der Waals surface area contributed by atoms with Gasteiger partial charge in [0.05, 0.1) is 0 Å². The molecule has 2 rings (SSSR count). The molecular weight excluding hydrogens is 240 g/mol. The van der Waals surface area contributed by atoms with E-state index in [1.54, 1.807) is 6.92 Å². The summed E-state index contributed by atoms with van der Waals surface area (Å²) in [7, 11) is 0. The minimum Gasteiger partial charge on any atom is -0.466 e. The van der Waals surface area contributed by atoms with Crippen molar-refractivity contribution in [2.24, 2.45) is 0 Å². The second-order valence-corrected chi connectivity index (χ2v) is 5.12. The Morgan fingerprint density at radius 2 is 2.05 bits per heavy atom. The molecule has 0 fully saturated rings. The Balaban J connectivity index is 2.11. The average Bonchev–Trinajstić information content (AvgIpc) is 2.67. The molecule has 1 unspecified atom stereocenters. The molecule has 1 atom stereocenters. The van der Waals surface area contributed by atoms with E-state index in [4.69, 9.17) is 4.42 Å². The van der Waals surface area contributed by atoms with Gasteiger partial charge in [-0.2, -0.15) is 0 Å². The highest BCUT2D eigenvalue weighted by molar-refractivity contribution is 5.37. The number of aryl methyl sites for hydroxylation is 3. The van der Waals surface area contributed by atoms with Crippen LogP contribution < -0.4 is 5.32 Å². The Kier molecular flexibility index (Phi) is 3.62. The summed E-state index contributed by atoms with van der Waals surface area (Å²) in [4.78, 5) is 4.35. The van der Waals surface area contributed by atoms with Gasteiger partial charge < -0.3 is 14.8 Å². The lowest BCUT2D eigenvalue weighted by atomic mass is 9.96. The van der Waals surface area contributed by atoms with Gasteiger partial charge in [-0.3, -0.25) is 0 Å². The normalized spacial score (nSPS) is 14.2. The van der Waals surface area contributed by atoms with E-state index in [0.717, 1.165) is 28.6 Å². The van der Waals surface area contributed by atoms with Gasteiger partial charge in [-0.25, -0.2) is 4.98 Å². The third-order valence-corrected chi connectivity index (χ3v) is 3.12. The lowest BCUT2D eigenvalue weighted by molar-refractivity contribution is 0.0698. The first-order chi connectivity index (χ1) is 8.88. The Bertz CT molecular complexity index is 573.